The lowest BCUT2D eigenvalue weighted by Gasteiger charge is -2.48. The van der Waals surface area contributed by atoms with Gasteiger partial charge in [0.25, 0.3) is 5.91 Å². The predicted molar refractivity (Wildman–Crippen MR) is 120 cm³/mol. The lowest BCUT2D eigenvalue weighted by Crippen LogP contribution is -2.58. The third-order valence-electron chi connectivity index (χ3n) is 6.84. The van der Waals surface area contributed by atoms with Crippen LogP contribution in [-0.2, 0) is 10.2 Å². The Bertz CT molecular complexity index is 1330. The minimum Gasteiger partial charge on any atom is -0.362 e. The van der Waals surface area contributed by atoms with Crippen LogP contribution in [0.2, 0.25) is 0 Å². The molecule has 0 aliphatic carbocycles. The average Bonchev–Trinajstić information content (AvgIpc) is 3.22. The van der Waals surface area contributed by atoms with E-state index in [0.717, 1.165) is 6.20 Å². The molecule has 0 radical (unpaired) electrons. The molecule has 6 nitrogen and oxygen atoms in total. The third-order valence-corrected chi connectivity index (χ3v) is 6.84. The van der Waals surface area contributed by atoms with Crippen LogP contribution in [0.3, 0.4) is 0 Å². The Hall–Kier alpha value is -3.56. The third kappa shape index (κ3) is 3.54. The van der Waals surface area contributed by atoms with Crippen molar-refractivity contribution < 1.29 is 22.4 Å². The molecule has 1 aromatic heterocycles. The summed E-state index contributed by atoms with van der Waals surface area (Å²) in [6.07, 6.45) is -2.79. The summed E-state index contributed by atoms with van der Waals surface area (Å²) >= 11 is 0. The summed E-state index contributed by atoms with van der Waals surface area (Å²) in [6, 6.07) is 8.14. The van der Waals surface area contributed by atoms with E-state index in [2.05, 4.69) is 25.8 Å². The highest BCUT2D eigenvalue weighted by atomic mass is 19.4. The second-order valence-electron chi connectivity index (χ2n) is 9.59. The van der Waals surface area contributed by atoms with Gasteiger partial charge >= 0.3 is 6.18 Å². The first-order chi connectivity index (χ1) is 16.5. The number of nitrogens with zero attached hydrogens (tertiary/aromatic N) is 3. The Balaban J connectivity index is 1.83. The Morgan fingerprint density at radius 2 is 1.97 bits per heavy atom. The molecule has 2 aromatic rings. The van der Waals surface area contributed by atoms with Crippen molar-refractivity contribution in [2.24, 2.45) is 10.2 Å². The molecular weight excluding hydrogens is 462 g/mol. The Labute approximate surface area is 199 Å². The van der Waals surface area contributed by atoms with Crippen LogP contribution >= 0.6 is 0 Å². The van der Waals surface area contributed by atoms with Gasteiger partial charge in [0.15, 0.2) is 11.9 Å². The van der Waals surface area contributed by atoms with Crippen LogP contribution in [0.4, 0.5) is 17.6 Å². The number of amides is 1. The molecule has 0 bridgehead atoms. The van der Waals surface area contributed by atoms with Crippen molar-refractivity contribution in [2.75, 3.05) is 0 Å². The first-order valence-electron chi connectivity index (χ1n) is 11.2. The number of hydrogen-bond donors (Lipinski definition) is 2. The van der Waals surface area contributed by atoms with Gasteiger partial charge in [-0.05, 0) is 43.5 Å². The molecule has 0 saturated heterocycles. The van der Waals surface area contributed by atoms with Crippen LogP contribution in [0.25, 0.3) is 11.1 Å². The van der Waals surface area contributed by atoms with E-state index in [1.807, 2.05) is 13.8 Å². The molecular formula is C25H23F4N5O. The van der Waals surface area contributed by atoms with Gasteiger partial charge in [0.2, 0.25) is 0 Å². The molecule has 4 heterocycles. The van der Waals surface area contributed by atoms with Crippen LogP contribution < -0.4 is 10.6 Å². The zero-order chi connectivity index (χ0) is 25.2. The first kappa shape index (κ1) is 23.2. The number of benzene rings is 1. The number of fused-ring (bicyclic) bond motifs is 1. The highest BCUT2D eigenvalue weighted by Crippen LogP contribution is 2.55. The maximum Gasteiger partial charge on any atom is 0.435 e. The van der Waals surface area contributed by atoms with E-state index in [9.17, 15) is 22.4 Å². The molecule has 3 aliphatic rings. The molecule has 182 valence electrons. The van der Waals surface area contributed by atoms with Crippen LogP contribution in [0.1, 0.15) is 39.2 Å². The first-order valence-corrected chi connectivity index (χ1v) is 11.2. The van der Waals surface area contributed by atoms with Crippen molar-refractivity contribution in [2.45, 2.75) is 56.9 Å². The number of azo groups is 1. The fraction of sp³-hybridized carbons (Fsp3) is 0.360. The monoisotopic (exact) mass is 485 g/mol. The van der Waals surface area contributed by atoms with Crippen LogP contribution in [-0.4, -0.2) is 28.8 Å². The Morgan fingerprint density at radius 3 is 2.66 bits per heavy atom. The number of hydrogen-bond acceptors (Lipinski definition) is 5. The van der Waals surface area contributed by atoms with Crippen molar-refractivity contribution >= 4 is 5.91 Å². The van der Waals surface area contributed by atoms with Crippen molar-refractivity contribution in [1.82, 2.24) is 15.6 Å². The fourth-order valence-corrected chi connectivity index (χ4v) is 5.49. The zero-order valence-corrected chi connectivity index (χ0v) is 19.3. The van der Waals surface area contributed by atoms with Crippen LogP contribution in [0.5, 0.6) is 0 Å². The van der Waals surface area contributed by atoms with Crippen molar-refractivity contribution in [3.05, 3.63) is 76.6 Å². The fourth-order valence-electron chi connectivity index (χ4n) is 5.49. The van der Waals surface area contributed by atoms with E-state index in [-0.39, 0.29) is 23.1 Å². The van der Waals surface area contributed by atoms with Gasteiger partial charge < -0.3 is 10.6 Å². The van der Waals surface area contributed by atoms with Crippen LogP contribution in [0, 0.1) is 5.82 Å². The Kier molecular flexibility index (Phi) is 5.12. The van der Waals surface area contributed by atoms with Crippen LogP contribution in [0.15, 0.2) is 75.5 Å². The summed E-state index contributed by atoms with van der Waals surface area (Å²) < 4.78 is 57.0. The summed E-state index contributed by atoms with van der Waals surface area (Å²) in [7, 11) is 0. The average molecular weight is 485 g/mol. The molecule has 0 spiro atoms. The quantitative estimate of drug-likeness (QED) is 0.579. The SMILES string of the molecule is CC[C@]1(c2cccc(-c3ccncc3F)c2)C2=C(CC(C)(C)NC2=O)NC2N=NC(C(F)(F)F)=C21. The van der Waals surface area contributed by atoms with Gasteiger partial charge in [-0.3, -0.25) is 9.78 Å². The van der Waals surface area contributed by atoms with Gasteiger partial charge in [0.05, 0.1) is 17.2 Å². The van der Waals surface area contributed by atoms with Gasteiger partial charge in [-0.1, -0.05) is 25.1 Å². The van der Waals surface area contributed by atoms with E-state index >= 15 is 0 Å². The van der Waals surface area contributed by atoms with E-state index < -0.39 is 40.7 Å². The largest absolute Gasteiger partial charge is 0.435 e. The van der Waals surface area contributed by atoms with Crippen molar-refractivity contribution in [1.29, 1.82) is 0 Å². The number of carbonyl (C=O) groups excluding carboxylic acids is 1. The van der Waals surface area contributed by atoms with Gasteiger partial charge in [-0.2, -0.15) is 18.3 Å². The highest BCUT2D eigenvalue weighted by molar-refractivity contribution is 6.00. The molecule has 3 aliphatic heterocycles. The summed E-state index contributed by atoms with van der Waals surface area (Å²) in [5.74, 6) is -1.01. The van der Waals surface area contributed by atoms with Gasteiger partial charge in [-0.15, -0.1) is 5.11 Å². The molecule has 1 amide bonds. The minimum atomic E-state index is -4.77. The number of allylic oxidation sites excluding steroid dienone is 1. The van der Waals surface area contributed by atoms with E-state index in [1.54, 1.807) is 31.2 Å². The standard InChI is InChI=1S/C25H23F4N5O/c1-4-24(14-7-5-6-13(10-14)15-8-9-30-12-16(15)26)18-17(11-23(2,3)32-22(18)35)31-21-19(24)20(33-34-21)25(27,28)29/h5-10,12,21,31H,4,11H2,1-3H3,(H,32,35)/t21?,24-/m0/s1. The molecule has 1 aromatic carbocycles. The second kappa shape index (κ2) is 7.73. The van der Waals surface area contributed by atoms with Crippen molar-refractivity contribution in [3.63, 3.8) is 0 Å². The lowest BCUT2D eigenvalue weighted by atomic mass is 9.61. The zero-order valence-electron chi connectivity index (χ0n) is 19.3. The molecule has 2 N–H and O–H groups in total. The number of halogens is 4. The summed E-state index contributed by atoms with van der Waals surface area (Å²) in [5.41, 5.74) is -1.39. The molecule has 35 heavy (non-hydrogen) atoms. The predicted octanol–water partition coefficient (Wildman–Crippen LogP) is 5.30. The molecule has 10 heteroatoms. The lowest BCUT2D eigenvalue weighted by molar-refractivity contribution is -0.120. The molecule has 2 atom stereocenters. The maximum atomic E-state index is 14.5. The number of alkyl halides is 3. The molecule has 0 saturated carbocycles. The summed E-state index contributed by atoms with van der Waals surface area (Å²) in [4.78, 5) is 17.3. The Morgan fingerprint density at radius 1 is 1.20 bits per heavy atom. The molecule has 5 rings (SSSR count). The van der Waals surface area contributed by atoms with Gasteiger partial charge in [0, 0.05) is 35.0 Å². The smallest absolute Gasteiger partial charge is 0.362 e. The normalized spacial score (nSPS) is 25.2. The van der Waals surface area contributed by atoms with E-state index in [0.29, 0.717) is 23.2 Å². The maximum absolute atomic E-state index is 14.5. The number of rotatable bonds is 3. The van der Waals surface area contributed by atoms with E-state index in [4.69, 9.17) is 0 Å². The highest BCUT2D eigenvalue weighted by Gasteiger charge is 2.57. The second-order valence-corrected chi connectivity index (χ2v) is 9.59. The number of pyridine rings is 1. The van der Waals surface area contributed by atoms with E-state index in [1.165, 1.54) is 12.3 Å². The topological polar surface area (TPSA) is 78.7 Å². The number of carbonyl (C=O) groups is 1. The summed E-state index contributed by atoms with van der Waals surface area (Å²) in [6.45, 7) is 5.43. The van der Waals surface area contributed by atoms with Gasteiger partial charge in [-0.25, -0.2) is 4.39 Å². The number of aromatic nitrogens is 1. The van der Waals surface area contributed by atoms with Crippen molar-refractivity contribution in [3.8, 4) is 11.1 Å². The minimum absolute atomic E-state index is 0.117. The molecule has 1 unspecified atom stereocenters. The molecule has 0 fully saturated rings. The number of nitrogens with one attached hydrogen (secondary N) is 2. The summed E-state index contributed by atoms with van der Waals surface area (Å²) in [5, 5.41) is 13.4. The van der Waals surface area contributed by atoms with Gasteiger partial charge in [0.1, 0.15) is 5.82 Å².